The zero-order chi connectivity index (χ0) is 9.26. The van der Waals surface area contributed by atoms with E-state index in [1.54, 1.807) is 0 Å². The second kappa shape index (κ2) is 3.18. The van der Waals surface area contributed by atoms with E-state index in [4.69, 9.17) is 9.47 Å². The van der Waals surface area contributed by atoms with Crippen LogP contribution in [0, 0.1) is 0 Å². The predicted octanol–water partition coefficient (Wildman–Crippen LogP) is 1.14. The van der Waals surface area contributed by atoms with Gasteiger partial charge in [0, 0.05) is 0 Å². The van der Waals surface area contributed by atoms with Gasteiger partial charge in [-0.3, -0.25) is 9.59 Å². The molecular formula is C8H6O4S. The van der Waals surface area contributed by atoms with E-state index in [0.29, 0.717) is 47.0 Å². The summed E-state index contributed by atoms with van der Waals surface area (Å²) in [5.41, 5.74) is 0. The van der Waals surface area contributed by atoms with Crippen LogP contribution in [0.2, 0.25) is 0 Å². The summed E-state index contributed by atoms with van der Waals surface area (Å²) in [6.45, 7) is 0.839. The first-order chi connectivity index (χ1) is 6.36. The zero-order valence-electron chi connectivity index (χ0n) is 6.61. The minimum atomic E-state index is 0.411. The van der Waals surface area contributed by atoms with E-state index in [0.717, 1.165) is 11.3 Å². The lowest BCUT2D eigenvalue weighted by Crippen LogP contribution is -2.15. The molecule has 1 aliphatic heterocycles. The fourth-order valence-electron chi connectivity index (χ4n) is 1.15. The van der Waals surface area contributed by atoms with E-state index < -0.39 is 0 Å². The first kappa shape index (κ1) is 8.25. The topological polar surface area (TPSA) is 52.6 Å². The molecule has 0 aliphatic carbocycles. The average Bonchev–Trinajstić information content (AvgIpc) is 2.56. The van der Waals surface area contributed by atoms with Crippen molar-refractivity contribution in [3.8, 4) is 11.5 Å². The minimum Gasteiger partial charge on any atom is -0.484 e. The van der Waals surface area contributed by atoms with Crippen molar-refractivity contribution in [2.75, 3.05) is 13.2 Å². The van der Waals surface area contributed by atoms with Gasteiger partial charge in [-0.2, -0.15) is 0 Å². The normalized spacial score (nSPS) is 13.8. The molecule has 1 aromatic rings. The van der Waals surface area contributed by atoms with Crippen LogP contribution in [0.5, 0.6) is 11.5 Å². The van der Waals surface area contributed by atoms with Crippen LogP contribution in [0.1, 0.15) is 19.3 Å². The number of carbonyl (C=O) groups is 2. The fraction of sp³-hybridized carbons (Fsp3) is 0.250. The molecule has 1 aromatic heterocycles. The van der Waals surface area contributed by atoms with Crippen molar-refractivity contribution in [1.82, 2.24) is 0 Å². The molecule has 5 heteroatoms. The lowest BCUT2D eigenvalue weighted by Gasteiger charge is -2.15. The number of aldehydes is 2. The van der Waals surface area contributed by atoms with Crippen molar-refractivity contribution >= 4 is 23.9 Å². The number of carbonyl (C=O) groups excluding carboxylic acids is 2. The minimum absolute atomic E-state index is 0.411. The van der Waals surface area contributed by atoms with Gasteiger partial charge < -0.3 is 9.47 Å². The molecule has 68 valence electrons. The van der Waals surface area contributed by atoms with E-state index in [9.17, 15) is 9.59 Å². The van der Waals surface area contributed by atoms with Gasteiger partial charge in [0.2, 0.25) is 0 Å². The van der Waals surface area contributed by atoms with Gasteiger partial charge in [0.1, 0.15) is 23.0 Å². The van der Waals surface area contributed by atoms with Gasteiger partial charge in [0.25, 0.3) is 0 Å². The summed E-state index contributed by atoms with van der Waals surface area (Å²) in [6.07, 6.45) is 1.34. The number of hydrogen-bond donors (Lipinski definition) is 0. The SMILES string of the molecule is O=Cc1sc(C=O)c2c1OCCO2. The maximum absolute atomic E-state index is 10.6. The summed E-state index contributed by atoms with van der Waals surface area (Å²) in [5.74, 6) is 0.821. The molecule has 0 saturated carbocycles. The Morgan fingerprint density at radius 3 is 1.85 bits per heavy atom. The van der Waals surface area contributed by atoms with Crippen LogP contribution in [0.3, 0.4) is 0 Å². The van der Waals surface area contributed by atoms with Crippen LogP contribution in [-0.4, -0.2) is 25.8 Å². The maximum atomic E-state index is 10.6. The van der Waals surface area contributed by atoms with Crippen molar-refractivity contribution < 1.29 is 19.1 Å². The first-order valence-corrected chi connectivity index (χ1v) is 4.51. The summed E-state index contributed by atoms with van der Waals surface area (Å²) in [4.78, 5) is 22.0. The van der Waals surface area contributed by atoms with Crippen molar-refractivity contribution in [3.05, 3.63) is 9.75 Å². The maximum Gasteiger partial charge on any atom is 0.183 e. The largest absolute Gasteiger partial charge is 0.484 e. The summed E-state index contributed by atoms with van der Waals surface area (Å²) < 4.78 is 10.4. The molecule has 2 heterocycles. The van der Waals surface area contributed by atoms with Crippen LogP contribution in [0.4, 0.5) is 0 Å². The van der Waals surface area contributed by atoms with Crippen LogP contribution >= 0.6 is 11.3 Å². The molecule has 0 aromatic carbocycles. The van der Waals surface area contributed by atoms with Gasteiger partial charge in [-0.15, -0.1) is 11.3 Å². The fourth-order valence-corrected chi connectivity index (χ4v) is 1.97. The number of fused-ring (bicyclic) bond motifs is 1. The predicted molar refractivity (Wildman–Crippen MR) is 46.1 cm³/mol. The monoisotopic (exact) mass is 198 g/mol. The van der Waals surface area contributed by atoms with Gasteiger partial charge in [-0.05, 0) is 0 Å². The molecule has 0 N–H and O–H groups in total. The highest BCUT2D eigenvalue weighted by Crippen LogP contribution is 2.41. The number of thiophene rings is 1. The number of hydrogen-bond acceptors (Lipinski definition) is 5. The third-order valence-corrected chi connectivity index (χ3v) is 2.67. The van der Waals surface area contributed by atoms with Gasteiger partial charge in [0.15, 0.2) is 24.1 Å². The molecule has 0 fully saturated rings. The molecule has 0 amide bonds. The van der Waals surface area contributed by atoms with Crippen molar-refractivity contribution in [1.29, 1.82) is 0 Å². The zero-order valence-corrected chi connectivity index (χ0v) is 7.43. The highest BCUT2D eigenvalue weighted by atomic mass is 32.1. The van der Waals surface area contributed by atoms with Crippen LogP contribution in [0.15, 0.2) is 0 Å². The number of ether oxygens (including phenoxy) is 2. The molecule has 0 spiro atoms. The molecule has 2 rings (SSSR count). The molecule has 4 nitrogen and oxygen atoms in total. The third-order valence-electron chi connectivity index (χ3n) is 1.66. The molecule has 0 unspecified atom stereocenters. The average molecular weight is 198 g/mol. The Balaban J connectivity index is 2.56. The van der Waals surface area contributed by atoms with Gasteiger partial charge in [0.05, 0.1) is 0 Å². The Morgan fingerprint density at radius 2 is 1.46 bits per heavy atom. The van der Waals surface area contributed by atoms with Gasteiger partial charge in [-0.25, -0.2) is 0 Å². The highest BCUT2D eigenvalue weighted by Gasteiger charge is 2.23. The van der Waals surface area contributed by atoms with E-state index >= 15 is 0 Å². The summed E-state index contributed by atoms with van der Waals surface area (Å²) in [7, 11) is 0. The lowest BCUT2D eigenvalue weighted by atomic mass is 10.3. The molecule has 0 atom stereocenters. The lowest BCUT2D eigenvalue weighted by molar-refractivity contribution is 0.110. The first-order valence-electron chi connectivity index (χ1n) is 3.69. The quantitative estimate of drug-likeness (QED) is 0.669. The Morgan fingerprint density at radius 1 is 1.00 bits per heavy atom. The summed E-state index contributed by atoms with van der Waals surface area (Å²) in [6, 6.07) is 0. The van der Waals surface area contributed by atoms with Crippen molar-refractivity contribution in [2.24, 2.45) is 0 Å². The second-order valence-electron chi connectivity index (χ2n) is 2.42. The van der Waals surface area contributed by atoms with E-state index in [1.807, 2.05) is 0 Å². The Hall–Kier alpha value is -1.36. The smallest absolute Gasteiger partial charge is 0.183 e. The molecular weight excluding hydrogens is 192 g/mol. The van der Waals surface area contributed by atoms with Crippen molar-refractivity contribution in [2.45, 2.75) is 0 Å². The summed E-state index contributed by atoms with van der Waals surface area (Å²) in [5, 5.41) is 0. The van der Waals surface area contributed by atoms with Crippen LogP contribution < -0.4 is 9.47 Å². The van der Waals surface area contributed by atoms with Gasteiger partial charge in [-0.1, -0.05) is 0 Å². The Kier molecular flexibility index (Phi) is 2.02. The molecule has 1 aliphatic rings. The molecule has 13 heavy (non-hydrogen) atoms. The van der Waals surface area contributed by atoms with E-state index in [1.165, 1.54) is 0 Å². The standard InChI is InChI=1S/C8H6O4S/c9-3-5-7-8(6(4-10)13-5)12-2-1-11-7/h3-4H,1-2H2. The van der Waals surface area contributed by atoms with Crippen LogP contribution in [0.25, 0.3) is 0 Å². The Labute approximate surface area is 78.1 Å². The van der Waals surface area contributed by atoms with E-state index in [2.05, 4.69) is 0 Å². The van der Waals surface area contributed by atoms with Crippen molar-refractivity contribution in [3.63, 3.8) is 0 Å². The molecule has 0 saturated heterocycles. The molecule has 0 radical (unpaired) electrons. The molecule has 0 bridgehead atoms. The second-order valence-corrected chi connectivity index (χ2v) is 3.51. The summed E-state index contributed by atoms with van der Waals surface area (Å²) >= 11 is 1.09. The Bertz CT molecular complexity index is 323. The van der Waals surface area contributed by atoms with Gasteiger partial charge >= 0.3 is 0 Å². The third kappa shape index (κ3) is 1.21. The highest BCUT2D eigenvalue weighted by molar-refractivity contribution is 7.16. The van der Waals surface area contributed by atoms with Crippen LogP contribution in [-0.2, 0) is 0 Å². The van der Waals surface area contributed by atoms with E-state index in [-0.39, 0.29) is 0 Å². The number of rotatable bonds is 2.